The average molecular weight is 439 g/mol. The molecular weight excluding hydrogens is 412 g/mol. The van der Waals surface area contributed by atoms with Crippen LogP contribution in [0, 0.1) is 0 Å². The number of methoxy groups -OCH3 is 1. The number of anilines is 1. The summed E-state index contributed by atoms with van der Waals surface area (Å²) in [5.41, 5.74) is 3.41. The Bertz CT molecular complexity index is 1010. The van der Waals surface area contributed by atoms with Crippen molar-refractivity contribution in [2.75, 3.05) is 19.0 Å². The van der Waals surface area contributed by atoms with E-state index >= 15 is 0 Å². The highest BCUT2D eigenvalue weighted by Gasteiger charge is 2.25. The zero-order chi connectivity index (χ0) is 21.6. The van der Waals surface area contributed by atoms with Gasteiger partial charge >= 0.3 is 0 Å². The van der Waals surface area contributed by atoms with Crippen LogP contribution in [0.5, 0.6) is 5.75 Å². The minimum Gasteiger partial charge on any atom is -0.605 e. The Kier molecular flexibility index (Phi) is 7.01. The predicted molar refractivity (Wildman–Crippen MR) is 120 cm³/mol. The summed E-state index contributed by atoms with van der Waals surface area (Å²) in [5.74, 6) is 0.636. The van der Waals surface area contributed by atoms with Gasteiger partial charge in [-0.2, -0.15) is 0 Å². The molecule has 1 fully saturated rings. The van der Waals surface area contributed by atoms with Gasteiger partial charge in [0.05, 0.1) is 18.5 Å². The van der Waals surface area contributed by atoms with E-state index in [2.05, 4.69) is 20.3 Å². The van der Waals surface area contributed by atoms with E-state index in [4.69, 9.17) is 4.74 Å². The molecule has 0 amide bonds. The Labute approximate surface area is 185 Å². The maximum absolute atomic E-state index is 13.4. The van der Waals surface area contributed by atoms with Gasteiger partial charge in [0.1, 0.15) is 11.9 Å². The summed E-state index contributed by atoms with van der Waals surface area (Å²) in [6, 6.07) is 7.98. The van der Waals surface area contributed by atoms with Crippen LogP contribution in [0.3, 0.4) is 0 Å². The van der Waals surface area contributed by atoms with Crippen LogP contribution in [0.2, 0.25) is 0 Å². The largest absolute Gasteiger partial charge is 0.605 e. The molecule has 1 aliphatic rings. The molecular formula is C23H26N4O3S. The molecule has 31 heavy (non-hydrogen) atoms. The van der Waals surface area contributed by atoms with Crippen LogP contribution >= 0.6 is 0 Å². The number of rotatable bonds is 8. The zero-order valence-electron chi connectivity index (χ0n) is 17.5. The lowest BCUT2D eigenvalue weighted by Gasteiger charge is -2.21. The quantitative estimate of drug-likeness (QED) is 0.518. The number of hydrogen-bond acceptors (Lipinski definition) is 7. The van der Waals surface area contributed by atoms with Gasteiger partial charge in [-0.15, -0.1) is 0 Å². The van der Waals surface area contributed by atoms with Crippen molar-refractivity contribution in [2.45, 2.75) is 48.1 Å². The van der Waals surface area contributed by atoms with Crippen LogP contribution in [-0.4, -0.2) is 44.4 Å². The van der Waals surface area contributed by atoms with Crippen molar-refractivity contribution in [3.8, 4) is 16.9 Å². The maximum atomic E-state index is 13.4. The highest BCUT2D eigenvalue weighted by molar-refractivity contribution is 7.91. The third kappa shape index (κ3) is 4.98. The fourth-order valence-electron chi connectivity index (χ4n) is 3.91. The fourth-order valence-corrected chi connectivity index (χ4v) is 4.95. The summed E-state index contributed by atoms with van der Waals surface area (Å²) in [4.78, 5) is 13.3. The molecule has 3 aromatic rings. The molecule has 7 nitrogen and oxygen atoms in total. The lowest BCUT2D eigenvalue weighted by molar-refractivity contribution is 0.297. The molecule has 1 atom stereocenters. The van der Waals surface area contributed by atoms with E-state index in [9.17, 15) is 9.66 Å². The number of hydrogen-bond donors (Lipinski definition) is 2. The first-order chi connectivity index (χ1) is 15.2. The van der Waals surface area contributed by atoms with Crippen LogP contribution in [0.25, 0.3) is 11.1 Å². The number of nitrogens with one attached hydrogen (secondary N) is 1. The molecule has 0 radical (unpaired) electrons. The minimum absolute atomic E-state index is 0.0331. The Morgan fingerprint density at radius 2 is 1.94 bits per heavy atom. The second-order valence-corrected chi connectivity index (χ2v) is 8.93. The lowest BCUT2D eigenvalue weighted by atomic mass is 10.0. The van der Waals surface area contributed by atoms with E-state index in [0.717, 1.165) is 29.7 Å². The summed E-state index contributed by atoms with van der Waals surface area (Å²) in [6.07, 6.45) is 11.6. The number of benzene rings is 1. The highest BCUT2D eigenvalue weighted by atomic mass is 32.2. The van der Waals surface area contributed by atoms with E-state index in [-0.39, 0.29) is 6.61 Å². The molecule has 1 aromatic carbocycles. The predicted octanol–water partition coefficient (Wildman–Crippen LogP) is 3.60. The molecule has 0 spiro atoms. The molecule has 2 N–H and O–H groups in total. The SMILES string of the molecule is COc1cc([S+]([O-])c2cncc(CCO)n2)cc(NC2CCCC2)c1-c1ccncc1. The number of pyridine rings is 1. The number of aliphatic hydroxyl groups excluding tert-OH is 1. The Morgan fingerprint density at radius 3 is 2.65 bits per heavy atom. The van der Waals surface area contributed by atoms with Gasteiger partial charge in [0.2, 0.25) is 0 Å². The topological polar surface area (TPSA) is 103 Å². The van der Waals surface area contributed by atoms with Gasteiger partial charge in [-0.25, -0.2) is 4.98 Å². The molecule has 0 saturated heterocycles. The van der Waals surface area contributed by atoms with E-state index in [1.807, 2.05) is 18.2 Å². The molecule has 8 heteroatoms. The van der Waals surface area contributed by atoms with Crippen molar-refractivity contribution in [2.24, 2.45) is 0 Å². The van der Waals surface area contributed by atoms with Gasteiger partial charge in [0.15, 0.2) is 4.90 Å². The van der Waals surface area contributed by atoms with Crippen molar-refractivity contribution < 1.29 is 14.4 Å². The first-order valence-corrected chi connectivity index (χ1v) is 11.6. The van der Waals surface area contributed by atoms with Crippen LogP contribution in [-0.2, 0) is 17.6 Å². The van der Waals surface area contributed by atoms with E-state index in [1.165, 1.54) is 19.0 Å². The van der Waals surface area contributed by atoms with Gasteiger partial charge in [0, 0.05) is 66.5 Å². The number of ether oxygens (including phenoxy) is 1. The summed E-state index contributed by atoms with van der Waals surface area (Å²) in [5, 5.41) is 13.2. The van der Waals surface area contributed by atoms with Crippen molar-refractivity contribution in [1.82, 2.24) is 15.0 Å². The molecule has 2 aromatic heterocycles. The van der Waals surface area contributed by atoms with Crippen LogP contribution < -0.4 is 10.1 Å². The zero-order valence-corrected chi connectivity index (χ0v) is 18.3. The Balaban J connectivity index is 1.77. The summed E-state index contributed by atoms with van der Waals surface area (Å²) >= 11 is -1.54. The minimum atomic E-state index is -1.54. The van der Waals surface area contributed by atoms with Crippen LogP contribution in [0.15, 0.2) is 59.0 Å². The van der Waals surface area contributed by atoms with Crippen molar-refractivity contribution in [1.29, 1.82) is 0 Å². The maximum Gasteiger partial charge on any atom is 0.269 e. The fraction of sp³-hybridized carbons (Fsp3) is 0.348. The third-order valence-corrected chi connectivity index (χ3v) is 6.65. The number of aromatic nitrogens is 3. The smallest absolute Gasteiger partial charge is 0.269 e. The third-order valence-electron chi connectivity index (χ3n) is 5.41. The van der Waals surface area contributed by atoms with Crippen LogP contribution in [0.1, 0.15) is 31.4 Å². The van der Waals surface area contributed by atoms with E-state index in [1.54, 1.807) is 31.8 Å². The summed E-state index contributed by atoms with van der Waals surface area (Å²) in [7, 11) is 1.62. The first-order valence-electron chi connectivity index (χ1n) is 10.4. The van der Waals surface area contributed by atoms with E-state index < -0.39 is 11.2 Å². The molecule has 4 rings (SSSR count). The van der Waals surface area contributed by atoms with Gasteiger partial charge in [-0.05, 0) is 30.5 Å². The molecule has 1 aliphatic carbocycles. The number of nitrogens with zero attached hydrogens (tertiary/aromatic N) is 3. The lowest BCUT2D eigenvalue weighted by Crippen LogP contribution is -2.16. The standard InChI is InChI=1S/C23H26N4O3S/c1-30-21-13-19(31(29)22-15-25-14-18(27-22)8-11-28)12-20(26-17-4-2-3-5-17)23(21)16-6-9-24-10-7-16/h6-7,9-10,12-15,17,26,28H,2-5,8,11H2,1H3. The monoisotopic (exact) mass is 438 g/mol. The van der Waals surface area contributed by atoms with Gasteiger partial charge in [-0.1, -0.05) is 12.8 Å². The molecule has 0 bridgehead atoms. The summed E-state index contributed by atoms with van der Waals surface area (Å²) < 4.78 is 19.1. The van der Waals surface area contributed by atoms with Crippen molar-refractivity contribution >= 4 is 16.9 Å². The van der Waals surface area contributed by atoms with Gasteiger partial charge in [0.25, 0.3) is 5.03 Å². The molecule has 1 unspecified atom stereocenters. The van der Waals surface area contributed by atoms with Gasteiger partial charge in [-0.3, -0.25) is 9.97 Å². The normalized spacial score (nSPS) is 15.1. The Hall–Kier alpha value is -2.68. The average Bonchev–Trinajstić information content (AvgIpc) is 3.32. The molecule has 1 saturated carbocycles. The van der Waals surface area contributed by atoms with Gasteiger partial charge < -0.3 is 19.7 Å². The Morgan fingerprint density at radius 1 is 1.16 bits per heavy atom. The first kappa shape index (κ1) is 21.5. The second-order valence-electron chi connectivity index (χ2n) is 7.50. The molecule has 2 heterocycles. The van der Waals surface area contributed by atoms with Crippen molar-refractivity contribution in [3.05, 3.63) is 54.7 Å². The second kappa shape index (κ2) is 10.1. The molecule has 162 valence electrons. The van der Waals surface area contributed by atoms with Crippen LogP contribution in [0.4, 0.5) is 5.69 Å². The van der Waals surface area contributed by atoms with E-state index in [0.29, 0.717) is 33.8 Å². The number of aliphatic hydroxyl groups is 1. The highest BCUT2D eigenvalue weighted by Crippen LogP contribution is 2.41. The molecule has 0 aliphatic heterocycles. The summed E-state index contributed by atoms with van der Waals surface area (Å²) in [6.45, 7) is -0.0331. The van der Waals surface area contributed by atoms with Crippen molar-refractivity contribution in [3.63, 3.8) is 0 Å².